The average Bonchev–Trinajstić information content (AvgIpc) is 3.19. The van der Waals surface area contributed by atoms with Gasteiger partial charge in [0.05, 0.1) is 11.8 Å². The molecule has 0 spiro atoms. The number of aliphatic hydroxyl groups is 1. The Morgan fingerprint density at radius 1 is 1.17 bits per heavy atom. The number of carboxylic acids is 1. The summed E-state index contributed by atoms with van der Waals surface area (Å²) in [4.78, 5) is 23.9. The Balaban J connectivity index is 0.000000454. The first-order valence-electron chi connectivity index (χ1n) is 11.4. The fraction of sp³-hybridized carbons (Fsp3) is 0.375. The van der Waals surface area contributed by atoms with Crippen molar-refractivity contribution < 1.29 is 28.2 Å². The molecule has 2 aromatic carbocycles. The minimum absolute atomic E-state index is 0.178. The van der Waals surface area contributed by atoms with Gasteiger partial charge in [-0.3, -0.25) is 4.98 Å². The van der Waals surface area contributed by atoms with E-state index in [9.17, 15) is 23.1 Å². The number of aromatic nitrogens is 3. The van der Waals surface area contributed by atoms with E-state index in [2.05, 4.69) is 20.7 Å². The van der Waals surface area contributed by atoms with E-state index in [0.29, 0.717) is 5.95 Å². The summed E-state index contributed by atoms with van der Waals surface area (Å²) in [7, 11) is 0. The third kappa shape index (κ3) is 7.68. The second-order valence-electron chi connectivity index (χ2n) is 8.49. The highest BCUT2D eigenvalue weighted by Crippen LogP contribution is 2.19. The molecule has 0 amide bonds. The van der Waals surface area contributed by atoms with Crippen LogP contribution in [0, 0.1) is 6.92 Å². The number of rotatable bonds is 6. The summed E-state index contributed by atoms with van der Waals surface area (Å²) in [6.07, 6.45) is -1.14. The Hall–Kier alpha value is -3.64. The summed E-state index contributed by atoms with van der Waals surface area (Å²) in [6, 6.07) is 15.8. The molecule has 194 valence electrons. The van der Waals surface area contributed by atoms with Gasteiger partial charge in [0.25, 0.3) is 0 Å². The topological polar surface area (TPSA) is 132 Å². The molecule has 0 radical (unpaired) electrons. The average molecular weight is 508 g/mol. The lowest BCUT2D eigenvalue weighted by atomic mass is 9.92. The number of aromatic amines is 1. The van der Waals surface area contributed by atoms with Crippen LogP contribution in [0.3, 0.4) is 0 Å². The Morgan fingerprint density at radius 3 is 2.44 bits per heavy atom. The molecular formula is C24H28F3N5O4. The van der Waals surface area contributed by atoms with Gasteiger partial charge in [-0.1, -0.05) is 37.1 Å². The third-order valence-electron chi connectivity index (χ3n) is 5.62. The molecule has 1 aliphatic carbocycles. The highest BCUT2D eigenvalue weighted by atomic mass is 19.4. The minimum atomic E-state index is -5.08. The quantitative estimate of drug-likeness (QED) is 0.344. The van der Waals surface area contributed by atoms with Crippen molar-refractivity contribution in [2.45, 2.75) is 57.5 Å². The number of carboxylic acid groups (broad SMARTS) is 1. The van der Waals surface area contributed by atoms with E-state index >= 15 is 0 Å². The molecule has 4 rings (SSSR count). The molecule has 1 fully saturated rings. The van der Waals surface area contributed by atoms with Crippen LogP contribution in [0.4, 0.5) is 24.8 Å². The number of benzene rings is 2. The minimum Gasteiger partial charge on any atom is -0.475 e. The number of aliphatic carboxylic acids is 1. The van der Waals surface area contributed by atoms with E-state index in [1.165, 1.54) is 11.1 Å². The van der Waals surface area contributed by atoms with Crippen LogP contribution < -0.4 is 16.3 Å². The lowest BCUT2D eigenvalue weighted by Crippen LogP contribution is -2.41. The highest BCUT2D eigenvalue weighted by molar-refractivity contribution is 5.73. The zero-order valence-corrected chi connectivity index (χ0v) is 19.5. The SMILES string of the molecule is Cc1cccc(-n2nc(Nc3ccc(CN[C@@H]4CCCC[C@H]4O)cc3)[nH]c2=O)c1.O=C(O)C(F)(F)F. The van der Waals surface area contributed by atoms with E-state index in [1.807, 2.05) is 55.5 Å². The number of nitrogens with zero attached hydrogens (tertiary/aromatic N) is 2. The Labute approximate surface area is 205 Å². The number of aryl methyl sites for hydroxylation is 1. The smallest absolute Gasteiger partial charge is 0.475 e. The number of hydrogen-bond donors (Lipinski definition) is 5. The molecule has 1 aliphatic rings. The number of halogens is 3. The molecule has 0 aliphatic heterocycles. The zero-order valence-electron chi connectivity index (χ0n) is 19.5. The van der Waals surface area contributed by atoms with Crippen molar-refractivity contribution in [3.8, 4) is 5.69 Å². The van der Waals surface area contributed by atoms with Crippen LogP contribution in [0.15, 0.2) is 53.3 Å². The number of nitrogens with one attached hydrogen (secondary N) is 3. The van der Waals surface area contributed by atoms with Gasteiger partial charge in [0.1, 0.15) is 0 Å². The van der Waals surface area contributed by atoms with Crippen LogP contribution >= 0.6 is 0 Å². The van der Waals surface area contributed by atoms with E-state index in [1.54, 1.807) is 0 Å². The summed E-state index contributed by atoms with van der Waals surface area (Å²) >= 11 is 0. The number of carbonyl (C=O) groups is 1. The van der Waals surface area contributed by atoms with Crippen LogP contribution in [-0.4, -0.2) is 49.3 Å². The number of H-pyrrole nitrogens is 1. The molecule has 1 heterocycles. The molecule has 12 heteroatoms. The van der Waals surface area contributed by atoms with Crippen LogP contribution in [-0.2, 0) is 11.3 Å². The van der Waals surface area contributed by atoms with Crippen molar-refractivity contribution in [3.63, 3.8) is 0 Å². The van der Waals surface area contributed by atoms with Crippen molar-refractivity contribution in [3.05, 3.63) is 70.1 Å². The normalized spacial score (nSPS) is 17.7. The fourth-order valence-electron chi connectivity index (χ4n) is 3.76. The van der Waals surface area contributed by atoms with E-state index in [0.717, 1.165) is 48.3 Å². The summed E-state index contributed by atoms with van der Waals surface area (Å²) < 4.78 is 33.1. The second kappa shape index (κ2) is 11.9. The van der Waals surface area contributed by atoms with Crippen molar-refractivity contribution in [2.75, 3.05) is 5.32 Å². The largest absolute Gasteiger partial charge is 0.490 e. The van der Waals surface area contributed by atoms with Gasteiger partial charge in [0, 0.05) is 18.3 Å². The molecule has 5 N–H and O–H groups in total. The van der Waals surface area contributed by atoms with Crippen LogP contribution in [0.5, 0.6) is 0 Å². The molecule has 0 bridgehead atoms. The van der Waals surface area contributed by atoms with E-state index in [4.69, 9.17) is 9.90 Å². The van der Waals surface area contributed by atoms with Crippen molar-refractivity contribution in [2.24, 2.45) is 0 Å². The lowest BCUT2D eigenvalue weighted by molar-refractivity contribution is -0.192. The van der Waals surface area contributed by atoms with Crippen LogP contribution in [0.2, 0.25) is 0 Å². The maximum absolute atomic E-state index is 12.2. The molecule has 1 aromatic heterocycles. The van der Waals surface area contributed by atoms with Crippen molar-refractivity contribution in [1.29, 1.82) is 0 Å². The summed E-state index contributed by atoms with van der Waals surface area (Å²) in [5, 5.41) is 28.1. The van der Waals surface area contributed by atoms with Gasteiger partial charge in [-0.05, 0) is 55.2 Å². The van der Waals surface area contributed by atoms with Gasteiger partial charge >= 0.3 is 17.8 Å². The first-order valence-corrected chi connectivity index (χ1v) is 11.4. The van der Waals surface area contributed by atoms with Gasteiger partial charge in [-0.15, -0.1) is 5.10 Å². The Morgan fingerprint density at radius 2 is 1.83 bits per heavy atom. The third-order valence-corrected chi connectivity index (χ3v) is 5.62. The summed E-state index contributed by atoms with van der Waals surface area (Å²) in [5.74, 6) is -2.36. The molecule has 9 nitrogen and oxygen atoms in total. The molecule has 0 saturated heterocycles. The maximum atomic E-state index is 12.2. The predicted molar refractivity (Wildman–Crippen MR) is 127 cm³/mol. The first kappa shape index (κ1) is 27.0. The predicted octanol–water partition coefficient (Wildman–Crippen LogP) is 3.64. The van der Waals surface area contributed by atoms with Gasteiger partial charge in [0.2, 0.25) is 5.95 Å². The molecule has 36 heavy (non-hydrogen) atoms. The van der Waals surface area contributed by atoms with Crippen molar-refractivity contribution >= 4 is 17.6 Å². The molecule has 1 saturated carbocycles. The molecule has 2 atom stereocenters. The van der Waals surface area contributed by atoms with Gasteiger partial charge in [-0.25, -0.2) is 9.59 Å². The summed E-state index contributed by atoms with van der Waals surface area (Å²) in [6.45, 7) is 2.70. The van der Waals surface area contributed by atoms with E-state index in [-0.39, 0.29) is 17.8 Å². The Kier molecular flexibility index (Phi) is 8.88. The first-order chi connectivity index (χ1) is 17.0. The lowest BCUT2D eigenvalue weighted by Gasteiger charge is -2.28. The molecule has 3 aromatic rings. The second-order valence-corrected chi connectivity index (χ2v) is 8.49. The standard InChI is InChI=1S/C22H27N5O2.C2HF3O2/c1-15-5-4-6-18(13-15)27-22(29)25-21(26-27)24-17-11-9-16(10-12-17)14-23-19-7-2-3-8-20(19)28;3-2(4,5)1(6)7/h4-6,9-13,19-20,23,28H,2-3,7-8,14H2,1H3,(H2,24,25,26,29);(H,6,7)/t19-,20-;/m1./s1. The van der Waals surface area contributed by atoms with Gasteiger partial charge in [-0.2, -0.15) is 17.9 Å². The van der Waals surface area contributed by atoms with Crippen molar-refractivity contribution in [1.82, 2.24) is 20.1 Å². The van der Waals surface area contributed by atoms with Crippen LogP contribution in [0.1, 0.15) is 36.8 Å². The zero-order chi connectivity index (χ0) is 26.3. The Bertz CT molecular complexity index is 1210. The maximum Gasteiger partial charge on any atom is 0.490 e. The summed E-state index contributed by atoms with van der Waals surface area (Å²) in [5.41, 5.74) is 3.50. The monoisotopic (exact) mass is 507 g/mol. The number of hydrogen-bond acceptors (Lipinski definition) is 6. The highest BCUT2D eigenvalue weighted by Gasteiger charge is 2.38. The number of aliphatic hydroxyl groups excluding tert-OH is 1. The molecule has 0 unspecified atom stereocenters. The number of anilines is 2. The number of alkyl halides is 3. The van der Waals surface area contributed by atoms with E-state index < -0.39 is 12.1 Å². The van der Waals surface area contributed by atoms with Gasteiger partial charge < -0.3 is 20.8 Å². The van der Waals surface area contributed by atoms with Crippen LogP contribution in [0.25, 0.3) is 5.69 Å². The molecular weight excluding hydrogens is 479 g/mol. The van der Waals surface area contributed by atoms with Gasteiger partial charge in [0.15, 0.2) is 0 Å². The fourth-order valence-corrected chi connectivity index (χ4v) is 3.76.